The summed E-state index contributed by atoms with van der Waals surface area (Å²) in [6, 6.07) is 6.88. The highest BCUT2D eigenvalue weighted by Gasteiger charge is 2.17. The van der Waals surface area contributed by atoms with Gasteiger partial charge in [-0.15, -0.1) is 0 Å². The van der Waals surface area contributed by atoms with Gasteiger partial charge in [0.15, 0.2) is 0 Å². The second-order valence-electron chi connectivity index (χ2n) is 5.41. The van der Waals surface area contributed by atoms with E-state index >= 15 is 0 Å². The summed E-state index contributed by atoms with van der Waals surface area (Å²) in [4.78, 5) is 2.54. The van der Waals surface area contributed by atoms with Crippen LogP contribution < -0.4 is 5.32 Å². The second kappa shape index (κ2) is 8.01. The first-order valence-electron chi connectivity index (χ1n) is 7.49. The summed E-state index contributed by atoms with van der Waals surface area (Å²) >= 11 is 3.62. The first-order chi connectivity index (χ1) is 9.74. The molecule has 1 heterocycles. The quantitative estimate of drug-likeness (QED) is 0.880. The second-order valence-corrected chi connectivity index (χ2v) is 6.26. The van der Waals surface area contributed by atoms with Crippen LogP contribution in [0.1, 0.15) is 31.7 Å². The summed E-state index contributed by atoms with van der Waals surface area (Å²) in [5, 5.41) is 3.72. The van der Waals surface area contributed by atoms with Crippen LogP contribution in [0.25, 0.3) is 0 Å². The van der Waals surface area contributed by atoms with E-state index in [1.165, 1.54) is 50.1 Å². The Hall–Kier alpha value is -0.580. The third-order valence-corrected chi connectivity index (χ3v) is 4.78. The molecular weight excluding hydrogens is 316 g/mol. The van der Waals surface area contributed by atoms with Gasteiger partial charge >= 0.3 is 0 Å². The van der Waals surface area contributed by atoms with Gasteiger partial charge < -0.3 is 15.0 Å². The predicted octanol–water partition coefficient (Wildman–Crippen LogP) is 3.88. The van der Waals surface area contributed by atoms with E-state index in [-0.39, 0.29) is 0 Å². The zero-order valence-electron chi connectivity index (χ0n) is 12.5. The van der Waals surface area contributed by atoms with Crippen molar-refractivity contribution in [2.45, 2.75) is 38.8 Å². The fraction of sp³-hybridized carbons (Fsp3) is 0.625. The molecule has 1 aliphatic rings. The van der Waals surface area contributed by atoms with E-state index in [9.17, 15) is 0 Å². The number of rotatable bonds is 5. The van der Waals surface area contributed by atoms with Gasteiger partial charge in [-0.3, -0.25) is 0 Å². The maximum Gasteiger partial charge on any atom is 0.0744 e. The average Bonchev–Trinajstić information content (AvgIpc) is 2.68. The van der Waals surface area contributed by atoms with Crippen LogP contribution in [0.5, 0.6) is 0 Å². The SMILES string of the molecule is CCN1CCCC(Nc2cccc(Br)c2COC)CC1. The van der Waals surface area contributed by atoms with Gasteiger partial charge in [-0.1, -0.05) is 28.9 Å². The summed E-state index contributed by atoms with van der Waals surface area (Å²) in [6.07, 6.45) is 3.74. The van der Waals surface area contributed by atoms with Crippen molar-refractivity contribution >= 4 is 21.6 Å². The molecule has 1 atom stereocenters. The van der Waals surface area contributed by atoms with Crippen molar-refractivity contribution in [3.05, 3.63) is 28.2 Å². The van der Waals surface area contributed by atoms with Crippen molar-refractivity contribution < 1.29 is 4.74 Å². The van der Waals surface area contributed by atoms with E-state index in [1.807, 2.05) is 0 Å². The Labute approximate surface area is 130 Å². The van der Waals surface area contributed by atoms with Gasteiger partial charge in [0.25, 0.3) is 0 Å². The smallest absolute Gasteiger partial charge is 0.0744 e. The largest absolute Gasteiger partial charge is 0.382 e. The Morgan fingerprint density at radius 2 is 2.20 bits per heavy atom. The zero-order chi connectivity index (χ0) is 14.4. The lowest BCUT2D eigenvalue weighted by Crippen LogP contribution is -2.26. The normalized spacial score (nSPS) is 20.6. The molecule has 2 rings (SSSR count). The average molecular weight is 341 g/mol. The molecule has 1 N–H and O–H groups in total. The molecule has 0 spiro atoms. The minimum absolute atomic E-state index is 0.566. The summed E-state index contributed by atoms with van der Waals surface area (Å²) in [6.45, 7) is 6.48. The summed E-state index contributed by atoms with van der Waals surface area (Å²) in [5.74, 6) is 0. The van der Waals surface area contributed by atoms with E-state index in [0.29, 0.717) is 12.6 Å². The molecule has 0 aliphatic carbocycles. The molecule has 3 nitrogen and oxygen atoms in total. The Balaban J connectivity index is 2.04. The maximum absolute atomic E-state index is 5.32. The number of hydrogen-bond donors (Lipinski definition) is 1. The molecule has 20 heavy (non-hydrogen) atoms. The Bertz CT molecular complexity index is 425. The van der Waals surface area contributed by atoms with Crippen LogP contribution in [-0.4, -0.2) is 37.7 Å². The van der Waals surface area contributed by atoms with Crippen LogP contribution in [0.4, 0.5) is 5.69 Å². The number of hydrogen-bond acceptors (Lipinski definition) is 3. The van der Waals surface area contributed by atoms with E-state index in [4.69, 9.17) is 4.74 Å². The van der Waals surface area contributed by atoms with Crippen molar-refractivity contribution in [3.63, 3.8) is 0 Å². The predicted molar refractivity (Wildman–Crippen MR) is 88.2 cm³/mol. The fourth-order valence-electron chi connectivity index (χ4n) is 2.82. The first-order valence-corrected chi connectivity index (χ1v) is 8.29. The minimum atomic E-state index is 0.566. The molecule has 0 radical (unpaired) electrons. The van der Waals surface area contributed by atoms with Crippen LogP contribution >= 0.6 is 15.9 Å². The van der Waals surface area contributed by atoms with Crippen molar-refractivity contribution in [2.75, 3.05) is 32.1 Å². The lowest BCUT2D eigenvalue weighted by molar-refractivity contribution is 0.185. The Kier molecular flexibility index (Phi) is 6.33. The van der Waals surface area contributed by atoms with Crippen molar-refractivity contribution in [3.8, 4) is 0 Å². The van der Waals surface area contributed by atoms with Crippen LogP contribution in [0.2, 0.25) is 0 Å². The zero-order valence-corrected chi connectivity index (χ0v) is 14.1. The van der Waals surface area contributed by atoms with E-state index < -0.39 is 0 Å². The van der Waals surface area contributed by atoms with Crippen molar-refractivity contribution in [2.24, 2.45) is 0 Å². The van der Waals surface area contributed by atoms with Gasteiger partial charge in [0.05, 0.1) is 6.61 Å². The number of benzene rings is 1. The van der Waals surface area contributed by atoms with Gasteiger partial charge in [0.1, 0.15) is 0 Å². The monoisotopic (exact) mass is 340 g/mol. The molecule has 1 saturated heterocycles. The lowest BCUT2D eigenvalue weighted by atomic mass is 10.1. The van der Waals surface area contributed by atoms with Crippen LogP contribution in [0, 0.1) is 0 Å². The molecule has 1 unspecified atom stereocenters. The van der Waals surface area contributed by atoms with Gasteiger partial charge in [-0.25, -0.2) is 0 Å². The van der Waals surface area contributed by atoms with Crippen LogP contribution in [-0.2, 0) is 11.3 Å². The Morgan fingerprint density at radius 1 is 1.35 bits per heavy atom. The topological polar surface area (TPSA) is 24.5 Å². The molecule has 0 saturated carbocycles. The first kappa shape index (κ1) is 15.8. The highest BCUT2D eigenvalue weighted by molar-refractivity contribution is 9.10. The molecule has 0 amide bonds. The number of ether oxygens (including phenoxy) is 1. The number of nitrogens with zero attached hydrogens (tertiary/aromatic N) is 1. The van der Waals surface area contributed by atoms with Gasteiger partial charge in [0.2, 0.25) is 0 Å². The van der Waals surface area contributed by atoms with E-state index in [0.717, 1.165) is 4.47 Å². The minimum Gasteiger partial charge on any atom is -0.382 e. The standard InChI is InChI=1S/C16H25BrN2O/c1-3-19-10-5-6-13(9-11-19)18-16-8-4-7-15(17)14(16)12-20-2/h4,7-8,13,18H,3,5-6,9-12H2,1-2H3. The molecule has 112 valence electrons. The highest BCUT2D eigenvalue weighted by atomic mass is 79.9. The maximum atomic E-state index is 5.32. The molecule has 4 heteroatoms. The number of halogens is 1. The number of likely N-dealkylation sites (tertiary alicyclic amines) is 1. The molecule has 1 aromatic rings. The molecule has 1 aromatic carbocycles. The third kappa shape index (κ3) is 4.21. The molecule has 1 fully saturated rings. The number of methoxy groups -OCH3 is 1. The third-order valence-electron chi connectivity index (χ3n) is 4.04. The highest BCUT2D eigenvalue weighted by Crippen LogP contribution is 2.27. The van der Waals surface area contributed by atoms with Gasteiger partial charge in [-0.05, 0) is 44.5 Å². The van der Waals surface area contributed by atoms with Gasteiger partial charge in [-0.2, -0.15) is 0 Å². The molecule has 0 aromatic heterocycles. The van der Waals surface area contributed by atoms with Crippen molar-refractivity contribution in [1.82, 2.24) is 4.90 Å². The lowest BCUT2D eigenvalue weighted by Gasteiger charge is -2.21. The fourth-order valence-corrected chi connectivity index (χ4v) is 3.30. The van der Waals surface area contributed by atoms with Crippen LogP contribution in [0.15, 0.2) is 22.7 Å². The van der Waals surface area contributed by atoms with Crippen molar-refractivity contribution in [1.29, 1.82) is 0 Å². The Morgan fingerprint density at radius 3 is 2.95 bits per heavy atom. The van der Waals surface area contributed by atoms with Gasteiger partial charge in [0, 0.05) is 35.4 Å². The van der Waals surface area contributed by atoms with Crippen LogP contribution in [0.3, 0.4) is 0 Å². The summed E-state index contributed by atoms with van der Waals surface area (Å²) in [5.41, 5.74) is 2.42. The molecule has 0 bridgehead atoms. The molecular formula is C16H25BrN2O. The molecule has 1 aliphatic heterocycles. The summed E-state index contributed by atoms with van der Waals surface area (Å²) < 4.78 is 6.44. The van der Waals surface area contributed by atoms with E-state index in [1.54, 1.807) is 7.11 Å². The summed E-state index contributed by atoms with van der Waals surface area (Å²) in [7, 11) is 1.74. The number of anilines is 1. The number of nitrogens with one attached hydrogen (secondary N) is 1. The van der Waals surface area contributed by atoms with E-state index in [2.05, 4.69) is 51.3 Å².